The summed E-state index contributed by atoms with van der Waals surface area (Å²) in [7, 11) is 0. The van der Waals surface area contributed by atoms with Gasteiger partial charge in [-0.25, -0.2) is 9.37 Å². The van der Waals surface area contributed by atoms with Crippen molar-refractivity contribution in [3.63, 3.8) is 0 Å². The Morgan fingerprint density at radius 2 is 1.89 bits per heavy atom. The number of aromatic nitrogens is 4. The number of benzene rings is 2. The fourth-order valence-electron chi connectivity index (χ4n) is 2.70. The Bertz CT molecular complexity index is 1150. The largest absolute Gasteiger partial charge is 0.484 e. The standard InChI is InChI=1S/C19H15FN4O3/c1-12-21-16-5-3-2-4-15(16)19(25)24(12)10-17-22-18(27-23-17)11-26-14-8-6-13(20)7-9-14/h2-9H,10-11H2,1H3. The van der Waals surface area contributed by atoms with E-state index in [1.165, 1.54) is 28.8 Å². The molecule has 7 nitrogen and oxygen atoms in total. The Labute approximate surface area is 153 Å². The number of halogens is 1. The van der Waals surface area contributed by atoms with Gasteiger partial charge in [0.2, 0.25) is 0 Å². The molecular formula is C19H15FN4O3. The lowest BCUT2D eigenvalue weighted by atomic mass is 10.2. The summed E-state index contributed by atoms with van der Waals surface area (Å²) >= 11 is 0. The highest BCUT2D eigenvalue weighted by Crippen LogP contribution is 2.13. The van der Waals surface area contributed by atoms with Crippen LogP contribution in [-0.2, 0) is 13.2 Å². The van der Waals surface area contributed by atoms with E-state index in [1.807, 2.05) is 6.07 Å². The maximum atomic E-state index is 12.9. The number of ether oxygens (including phenoxy) is 1. The van der Waals surface area contributed by atoms with Crippen molar-refractivity contribution in [2.75, 3.05) is 0 Å². The first kappa shape index (κ1) is 16.9. The Balaban J connectivity index is 1.52. The molecule has 0 aliphatic carbocycles. The second kappa shape index (κ2) is 6.99. The van der Waals surface area contributed by atoms with Gasteiger partial charge in [0.1, 0.15) is 17.4 Å². The molecule has 2 heterocycles. The van der Waals surface area contributed by atoms with Gasteiger partial charge in [-0.15, -0.1) is 0 Å². The summed E-state index contributed by atoms with van der Waals surface area (Å²) in [5.74, 6) is 1.31. The van der Waals surface area contributed by atoms with E-state index >= 15 is 0 Å². The van der Waals surface area contributed by atoms with Crippen molar-refractivity contribution in [2.45, 2.75) is 20.1 Å². The second-order valence-electron chi connectivity index (χ2n) is 5.91. The fraction of sp³-hybridized carbons (Fsp3) is 0.158. The van der Waals surface area contributed by atoms with E-state index in [2.05, 4.69) is 15.1 Å². The molecule has 0 N–H and O–H groups in total. The summed E-state index contributed by atoms with van der Waals surface area (Å²) in [5.41, 5.74) is 0.491. The van der Waals surface area contributed by atoms with Gasteiger partial charge in [0.05, 0.1) is 17.4 Å². The number of para-hydroxylation sites is 1. The molecule has 0 atom stereocenters. The van der Waals surface area contributed by atoms with E-state index in [0.717, 1.165) is 0 Å². The zero-order valence-corrected chi connectivity index (χ0v) is 14.4. The molecule has 27 heavy (non-hydrogen) atoms. The molecule has 0 radical (unpaired) electrons. The minimum absolute atomic E-state index is 0.0441. The molecule has 0 spiro atoms. The van der Waals surface area contributed by atoms with Crippen molar-refractivity contribution in [3.8, 4) is 5.75 Å². The van der Waals surface area contributed by atoms with Crippen molar-refractivity contribution in [2.24, 2.45) is 0 Å². The van der Waals surface area contributed by atoms with Crippen LogP contribution in [0, 0.1) is 12.7 Å². The average molecular weight is 366 g/mol. The molecule has 8 heteroatoms. The summed E-state index contributed by atoms with van der Waals surface area (Å²) in [6.07, 6.45) is 0. The average Bonchev–Trinajstić information content (AvgIpc) is 3.12. The van der Waals surface area contributed by atoms with Crippen molar-refractivity contribution in [1.29, 1.82) is 0 Å². The van der Waals surface area contributed by atoms with Crippen LogP contribution in [0.1, 0.15) is 17.5 Å². The SMILES string of the molecule is Cc1nc2ccccc2c(=O)n1Cc1noc(COc2ccc(F)cc2)n1. The predicted octanol–water partition coefficient (Wildman–Crippen LogP) is 2.85. The van der Waals surface area contributed by atoms with E-state index < -0.39 is 0 Å². The molecule has 4 rings (SSSR count). The van der Waals surface area contributed by atoms with Crippen LogP contribution in [0.2, 0.25) is 0 Å². The summed E-state index contributed by atoms with van der Waals surface area (Å²) in [6.45, 7) is 1.94. The Kier molecular flexibility index (Phi) is 4.37. The third kappa shape index (κ3) is 3.55. The van der Waals surface area contributed by atoms with Gasteiger partial charge in [0.15, 0.2) is 12.4 Å². The van der Waals surface area contributed by atoms with Crippen LogP contribution in [-0.4, -0.2) is 19.7 Å². The lowest BCUT2D eigenvalue weighted by molar-refractivity contribution is 0.242. The van der Waals surface area contributed by atoms with Gasteiger partial charge in [0, 0.05) is 0 Å². The number of hydrogen-bond acceptors (Lipinski definition) is 6. The Morgan fingerprint density at radius 3 is 2.70 bits per heavy atom. The molecule has 2 aromatic heterocycles. The van der Waals surface area contributed by atoms with Crippen LogP contribution in [0.3, 0.4) is 0 Å². The first-order valence-electron chi connectivity index (χ1n) is 8.26. The molecular weight excluding hydrogens is 351 g/mol. The van der Waals surface area contributed by atoms with Crippen molar-refractivity contribution < 1.29 is 13.7 Å². The molecule has 0 unspecified atom stereocenters. The van der Waals surface area contributed by atoms with Gasteiger partial charge in [-0.05, 0) is 43.3 Å². The summed E-state index contributed by atoms with van der Waals surface area (Å²) in [6, 6.07) is 12.8. The molecule has 4 aromatic rings. The Morgan fingerprint density at radius 1 is 1.11 bits per heavy atom. The molecule has 0 saturated carbocycles. The second-order valence-corrected chi connectivity index (χ2v) is 5.91. The lowest BCUT2D eigenvalue weighted by Gasteiger charge is -2.08. The first-order chi connectivity index (χ1) is 13.1. The molecule has 0 aliphatic heterocycles. The zero-order chi connectivity index (χ0) is 18.8. The molecule has 0 amide bonds. The number of aryl methyl sites for hydroxylation is 1. The summed E-state index contributed by atoms with van der Waals surface area (Å²) in [5, 5.41) is 4.42. The van der Waals surface area contributed by atoms with Gasteiger partial charge >= 0.3 is 0 Å². The number of fused-ring (bicyclic) bond motifs is 1. The molecule has 0 fully saturated rings. The third-order valence-electron chi connectivity index (χ3n) is 4.04. The molecule has 136 valence electrons. The van der Waals surface area contributed by atoms with Crippen LogP contribution < -0.4 is 10.3 Å². The molecule has 0 aliphatic rings. The van der Waals surface area contributed by atoms with Crippen molar-refractivity contribution in [3.05, 3.63) is 82.2 Å². The van der Waals surface area contributed by atoms with Crippen LogP contribution in [0.25, 0.3) is 10.9 Å². The minimum Gasteiger partial charge on any atom is -0.484 e. The minimum atomic E-state index is -0.341. The quantitative estimate of drug-likeness (QED) is 0.540. The molecule has 0 saturated heterocycles. The normalized spacial score (nSPS) is 11.0. The highest BCUT2D eigenvalue weighted by molar-refractivity contribution is 5.77. The maximum Gasteiger partial charge on any atom is 0.264 e. The first-order valence-corrected chi connectivity index (χ1v) is 8.26. The summed E-state index contributed by atoms with van der Waals surface area (Å²) in [4.78, 5) is 21.4. The van der Waals surface area contributed by atoms with Gasteiger partial charge in [-0.2, -0.15) is 4.98 Å². The predicted molar refractivity (Wildman–Crippen MR) is 94.9 cm³/mol. The van der Waals surface area contributed by atoms with Crippen LogP contribution >= 0.6 is 0 Å². The topological polar surface area (TPSA) is 83.0 Å². The van der Waals surface area contributed by atoms with Crippen LogP contribution in [0.15, 0.2) is 57.8 Å². The van der Waals surface area contributed by atoms with E-state index in [1.54, 1.807) is 25.1 Å². The maximum absolute atomic E-state index is 12.9. The van der Waals surface area contributed by atoms with Crippen molar-refractivity contribution in [1.82, 2.24) is 19.7 Å². The number of rotatable bonds is 5. The van der Waals surface area contributed by atoms with Crippen molar-refractivity contribution >= 4 is 10.9 Å². The highest BCUT2D eigenvalue weighted by atomic mass is 19.1. The number of hydrogen-bond donors (Lipinski definition) is 0. The lowest BCUT2D eigenvalue weighted by Crippen LogP contribution is -2.24. The van der Waals surface area contributed by atoms with Gasteiger partial charge in [-0.1, -0.05) is 17.3 Å². The van der Waals surface area contributed by atoms with E-state index in [9.17, 15) is 9.18 Å². The van der Waals surface area contributed by atoms with Gasteiger partial charge < -0.3 is 9.26 Å². The molecule has 0 bridgehead atoms. The fourth-order valence-corrected chi connectivity index (χ4v) is 2.70. The van der Waals surface area contributed by atoms with Crippen LogP contribution in [0.5, 0.6) is 5.75 Å². The number of nitrogens with zero attached hydrogens (tertiary/aromatic N) is 4. The monoisotopic (exact) mass is 366 g/mol. The van der Waals surface area contributed by atoms with Gasteiger partial charge in [-0.3, -0.25) is 9.36 Å². The Hall–Kier alpha value is -3.55. The summed E-state index contributed by atoms with van der Waals surface area (Å²) < 4.78 is 25.0. The highest BCUT2D eigenvalue weighted by Gasteiger charge is 2.12. The smallest absolute Gasteiger partial charge is 0.264 e. The van der Waals surface area contributed by atoms with Gasteiger partial charge in [0.25, 0.3) is 11.4 Å². The van der Waals surface area contributed by atoms with E-state index in [0.29, 0.717) is 28.3 Å². The zero-order valence-electron chi connectivity index (χ0n) is 14.4. The molecule has 2 aromatic carbocycles. The van der Waals surface area contributed by atoms with Crippen LogP contribution in [0.4, 0.5) is 4.39 Å². The van der Waals surface area contributed by atoms with E-state index in [4.69, 9.17) is 9.26 Å². The third-order valence-corrected chi connectivity index (χ3v) is 4.04. The van der Waals surface area contributed by atoms with E-state index in [-0.39, 0.29) is 30.4 Å².